The lowest BCUT2D eigenvalue weighted by Gasteiger charge is -2.33. The number of hydrogen-bond donors (Lipinski definition) is 1. The molecule has 6 heteroatoms. The second-order valence-corrected chi connectivity index (χ2v) is 8.37. The molecule has 2 N–H and O–H groups in total. The number of piperazine rings is 1. The predicted octanol–water partition coefficient (Wildman–Crippen LogP) is 1.57. The third-order valence-corrected chi connectivity index (χ3v) is 6.34. The maximum absolute atomic E-state index is 13.6. The topological polar surface area (TPSA) is 57.4 Å². The molecule has 6 nitrogen and oxygen atoms in total. The predicted molar refractivity (Wildman–Crippen MR) is 115 cm³/mol. The van der Waals surface area contributed by atoms with Gasteiger partial charge in [0.1, 0.15) is 5.56 Å². The van der Waals surface area contributed by atoms with Crippen molar-refractivity contribution >= 4 is 22.4 Å². The van der Waals surface area contributed by atoms with Gasteiger partial charge in [0.15, 0.2) is 17.7 Å². The number of carbonyl (C=O) groups excluding carboxylic acids is 1. The van der Waals surface area contributed by atoms with Crippen molar-refractivity contribution in [3.8, 4) is 11.5 Å². The number of nitrogens with one attached hydrogen (secondary N) is 2. The van der Waals surface area contributed by atoms with E-state index in [0.29, 0.717) is 11.1 Å². The van der Waals surface area contributed by atoms with Crippen molar-refractivity contribution in [1.29, 1.82) is 0 Å². The van der Waals surface area contributed by atoms with Gasteiger partial charge in [0, 0.05) is 11.6 Å². The normalized spacial score (nSPS) is 16.3. The number of likely N-dealkylation sites (N-methyl/N-ethyl adjacent to an activating group) is 1. The van der Waals surface area contributed by atoms with Gasteiger partial charge in [-0.15, -0.1) is 0 Å². The number of benzene rings is 2. The Morgan fingerprint density at radius 1 is 1.03 bits per heavy atom. The summed E-state index contributed by atoms with van der Waals surface area (Å²) in [6.07, 6.45) is 1.85. The number of aromatic amines is 1. The maximum atomic E-state index is 13.6. The summed E-state index contributed by atoms with van der Waals surface area (Å²) in [5.41, 5.74) is 5.65. The van der Waals surface area contributed by atoms with Crippen molar-refractivity contribution < 1.29 is 24.2 Å². The van der Waals surface area contributed by atoms with Crippen molar-refractivity contribution in [2.45, 2.75) is 13.8 Å². The summed E-state index contributed by atoms with van der Waals surface area (Å²) in [6, 6.07) is 9.90. The molecule has 2 aromatic carbocycles. The van der Waals surface area contributed by atoms with Gasteiger partial charge in [0.05, 0.1) is 50.4 Å². The molecule has 0 amide bonds. The Labute approximate surface area is 176 Å². The Hall–Kier alpha value is -3.12. The van der Waals surface area contributed by atoms with Crippen LogP contribution in [0.4, 0.5) is 5.69 Å². The van der Waals surface area contributed by atoms with Gasteiger partial charge in [0.2, 0.25) is 18.1 Å². The van der Waals surface area contributed by atoms with Crippen molar-refractivity contribution in [2.75, 3.05) is 44.9 Å². The molecule has 0 aliphatic carbocycles. The first-order valence-corrected chi connectivity index (χ1v) is 10.5. The van der Waals surface area contributed by atoms with Gasteiger partial charge >= 0.3 is 0 Å². The molecule has 154 valence electrons. The molecule has 2 aliphatic heterocycles. The Kier molecular flexibility index (Phi) is 4.59. The number of hydrogen-bond acceptors (Lipinski definition) is 4. The number of rotatable bonds is 3. The van der Waals surface area contributed by atoms with Crippen LogP contribution in [0.1, 0.15) is 27.0 Å². The van der Waals surface area contributed by atoms with Gasteiger partial charge in [-0.3, -0.25) is 4.79 Å². The number of ketones is 1. The summed E-state index contributed by atoms with van der Waals surface area (Å²) in [6.45, 7) is 8.24. The number of ether oxygens (including phenoxy) is 2. The molecule has 0 bridgehead atoms. The minimum Gasteiger partial charge on any atom is -0.454 e. The summed E-state index contributed by atoms with van der Waals surface area (Å²) in [7, 11) is 2.22. The van der Waals surface area contributed by atoms with Crippen LogP contribution in [-0.2, 0) is 0 Å². The Balaban J connectivity index is 1.68. The van der Waals surface area contributed by atoms with Gasteiger partial charge in [0.25, 0.3) is 0 Å². The van der Waals surface area contributed by atoms with Crippen LogP contribution in [-0.4, -0.2) is 45.8 Å². The van der Waals surface area contributed by atoms with Crippen molar-refractivity contribution in [3.63, 3.8) is 0 Å². The quantitative estimate of drug-likeness (QED) is 0.672. The van der Waals surface area contributed by atoms with Crippen LogP contribution in [0.3, 0.4) is 0 Å². The van der Waals surface area contributed by atoms with E-state index in [-0.39, 0.29) is 12.6 Å². The fourth-order valence-corrected chi connectivity index (χ4v) is 4.28. The summed E-state index contributed by atoms with van der Waals surface area (Å²) in [5, 5.41) is 0.994. The van der Waals surface area contributed by atoms with E-state index in [4.69, 9.17) is 9.47 Å². The van der Waals surface area contributed by atoms with Crippen molar-refractivity contribution in [1.82, 2.24) is 0 Å². The first kappa shape index (κ1) is 18.9. The number of carbonyl (C=O) groups is 1. The number of quaternary nitrogens is 1. The van der Waals surface area contributed by atoms with E-state index in [2.05, 4.69) is 23.9 Å². The molecule has 30 heavy (non-hydrogen) atoms. The Bertz CT molecular complexity index is 1150. The molecule has 0 atom stereocenters. The number of pyridine rings is 1. The number of anilines is 1. The highest BCUT2D eigenvalue weighted by molar-refractivity contribution is 6.15. The molecule has 1 aromatic heterocycles. The molecule has 3 aromatic rings. The molecule has 0 unspecified atom stereocenters. The van der Waals surface area contributed by atoms with E-state index in [1.807, 2.05) is 43.5 Å². The van der Waals surface area contributed by atoms with Crippen molar-refractivity contribution in [3.05, 3.63) is 58.8 Å². The molecule has 0 saturated carbocycles. The minimum atomic E-state index is 0.0372. The number of fused-ring (bicyclic) bond motifs is 2. The largest absolute Gasteiger partial charge is 0.454 e. The first-order valence-electron chi connectivity index (χ1n) is 10.5. The average molecular weight is 405 g/mol. The van der Waals surface area contributed by atoms with Crippen LogP contribution in [0.15, 0.2) is 36.5 Å². The molecule has 0 spiro atoms. The Morgan fingerprint density at radius 3 is 2.50 bits per heavy atom. The highest BCUT2D eigenvalue weighted by Crippen LogP contribution is 2.39. The number of nitrogens with zero attached hydrogens (tertiary/aromatic N) is 1. The lowest BCUT2D eigenvalue weighted by atomic mass is 9.97. The fraction of sp³-hybridized carbons (Fsp3) is 0.333. The molecular formula is C24H27N3O3+2. The zero-order valence-electron chi connectivity index (χ0n) is 17.7. The van der Waals surface area contributed by atoms with Crippen LogP contribution in [0.25, 0.3) is 10.9 Å². The highest BCUT2D eigenvalue weighted by atomic mass is 16.7. The van der Waals surface area contributed by atoms with Crippen molar-refractivity contribution in [2.24, 2.45) is 0 Å². The van der Waals surface area contributed by atoms with E-state index in [1.54, 1.807) is 0 Å². The van der Waals surface area contributed by atoms with Crippen LogP contribution >= 0.6 is 0 Å². The van der Waals surface area contributed by atoms with E-state index in [9.17, 15) is 4.79 Å². The molecular weight excluding hydrogens is 378 g/mol. The summed E-state index contributed by atoms with van der Waals surface area (Å²) < 4.78 is 11.2. The highest BCUT2D eigenvalue weighted by Gasteiger charge is 2.29. The first-order chi connectivity index (χ1) is 14.5. The van der Waals surface area contributed by atoms with Gasteiger partial charge < -0.3 is 19.3 Å². The summed E-state index contributed by atoms with van der Waals surface area (Å²) >= 11 is 0. The maximum Gasteiger partial charge on any atom is 0.231 e. The Morgan fingerprint density at radius 2 is 1.77 bits per heavy atom. The summed E-state index contributed by atoms with van der Waals surface area (Å²) in [5.74, 6) is 1.50. The van der Waals surface area contributed by atoms with Gasteiger partial charge in [-0.1, -0.05) is 12.1 Å². The molecule has 0 radical (unpaired) electrons. The second-order valence-electron chi connectivity index (χ2n) is 8.37. The monoisotopic (exact) mass is 405 g/mol. The second kappa shape index (κ2) is 7.29. The summed E-state index contributed by atoms with van der Waals surface area (Å²) in [4.78, 5) is 20.8. The third-order valence-electron chi connectivity index (χ3n) is 6.34. The van der Waals surface area contributed by atoms with E-state index >= 15 is 0 Å². The smallest absolute Gasteiger partial charge is 0.231 e. The number of H-pyrrole nitrogens is 1. The molecule has 3 heterocycles. The molecule has 1 saturated heterocycles. The molecule has 2 aliphatic rings. The van der Waals surface area contributed by atoms with Gasteiger partial charge in [-0.2, -0.15) is 0 Å². The zero-order valence-corrected chi connectivity index (χ0v) is 17.7. The number of aromatic nitrogens is 1. The van der Waals surface area contributed by atoms with Gasteiger partial charge in [-0.05, 0) is 31.0 Å². The average Bonchev–Trinajstić information content (AvgIpc) is 3.21. The van der Waals surface area contributed by atoms with Crippen LogP contribution in [0.2, 0.25) is 0 Å². The zero-order chi connectivity index (χ0) is 20.8. The lowest BCUT2D eigenvalue weighted by molar-refractivity contribution is -0.880. The van der Waals surface area contributed by atoms with Crippen LogP contribution in [0.5, 0.6) is 11.5 Å². The molecule has 5 rings (SSSR count). The molecule has 1 fully saturated rings. The van der Waals surface area contributed by atoms with E-state index in [1.165, 1.54) is 10.5 Å². The number of aryl methyl sites for hydroxylation is 2. The van der Waals surface area contributed by atoms with E-state index < -0.39 is 0 Å². The van der Waals surface area contributed by atoms with Crippen LogP contribution < -0.4 is 24.3 Å². The standard InChI is InChI=1S/C24H25N3O3/c1-15-4-5-17(10-16(15)2)24(28)19-13-25-20-12-22-21(29-14-30-22)11-18(20)23(19)27-8-6-26(3)7-9-27/h4-5,10-13H,6-9,14H2,1-3H3/p+2. The van der Waals surface area contributed by atoms with E-state index in [0.717, 1.165) is 59.8 Å². The SMILES string of the molecule is Cc1ccc(C(=O)c2c[nH+]c3cc4c(cc3c2N2CC[NH+](C)CC2)OCO4)cc1C. The third kappa shape index (κ3) is 3.17. The lowest BCUT2D eigenvalue weighted by Crippen LogP contribution is -3.12. The fourth-order valence-electron chi connectivity index (χ4n) is 4.28. The van der Waals surface area contributed by atoms with Gasteiger partial charge in [-0.25, -0.2) is 4.98 Å². The minimum absolute atomic E-state index is 0.0372. The van der Waals surface area contributed by atoms with Crippen LogP contribution in [0, 0.1) is 13.8 Å².